The molecule has 0 saturated carbocycles. The van der Waals surface area contributed by atoms with Crippen molar-refractivity contribution in [3.63, 3.8) is 0 Å². The van der Waals surface area contributed by atoms with Crippen LogP contribution in [-0.4, -0.2) is 22.7 Å². The standard InChI is InChI=1S/C38H31NO3/c40-38(41)37-34(20-10-26-42-35-21-9-16-30-15-6-7-18-32(30)35)33-19-8-17-31(36(33)39-37)25-24-29-14-5-4-13-28(29)23-22-27-11-2-1-3-12-27/h1-9,11-19,21-25,39H,10,20,26H2,(H,40,41)/b23-22+,25-24?. The molecular formula is C38H31NO3. The number of benzene rings is 5. The Morgan fingerprint density at radius 1 is 0.667 bits per heavy atom. The van der Waals surface area contributed by atoms with Gasteiger partial charge in [0.15, 0.2) is 0 Å². The molecule has 0 bridgehead atoms. The summed E-state index contributed by atoms with van der Waals surface area (Å²) in [5, 5.41) is 13.2. The van der Waals surface area contributed by atoms with Crippen molar-refractivity contribution in [3.05, 3.63) is 149 Å². The Hall–Kier alpha value is -5.35. The molecule has 6 rings (SSSR count). The molecular weight excluding hydrogens is 518 g/mol. The number of aryl methyl sites for hydroxylation is 1. The quantitative estimate of drug-likeness (QED) is 0.132. The summed E-state index contributed by atoms with van der Waals surface area (Å²) in [6.07, 6.45) is 9.63. The highest BCUT2D eigenvalue weighted by molar-refractivity contribution is 6.01. The molecule has 0 aliphatic carbocycles. The number of para-hydroxylation sites is 1. The fourth-order valence-electron chi connectivity index (χ4n) is 5.37. The number of nitrogens with one attached hydrogen (secondary N) is 1. The molecule has 2 N–H and O–H groups in total. The van der Waals surface area contributed by atoms with Crippen LogP contribution in [0.1, 0.15) is 44.7 Å². The van der Waals surface area contributed by atoms with Crippen molar-refractivity contribution in [2.45, 2.75) is 12.8 Å². The van der Waals surface area contributed by atoms with Gasteiger partial charge in [-0.15, -0.1) is 0 Å². The lowest BCUT2D eigenvalue weighted by Crippen LogP contribution is -2.04. The van der Waals surface area contributed by atoms with Crippen molar-refractivity contribution in [2.24, 2.45) is 0 Å². The van der Waals surface area contributed by atoms with Gasteiger partial charge in [0.05, 0.1) is 12.1 Å². The van der Waals surface area contributed by atoms with Crippen molar-refractivity contribution >= 4 is 51.9 Å². The number of H-pyrrole nitrogens is 1. The zero-order chi connectivity index (χ0) is 28.7. The summed E-state index contributed by atoms with van der Waals surface area (Å²) >= 11 is 0. The van der Waals surface area contributed by atoms with Crippen molar-refractivity contribution in [2.75, 3.05) is 6.61 Å². The van der Waals surface area contributed by atoms with Gasteiger partial charge in [-0.3, -0.25) is 0 Å². The molecule has 6 aromatic rings. The average Bonchev–Trinajstić information content (AvgIpc) is 3.41. The number of carbonyl (C=O) groups is 1. The second-order valence-corrected chi connectivity index (χ2v) is 10.2. The predicted molar refractivity (Wildman–Crippen MR) is 174 cm³/mol. The Morgan fingerprint density at radius 2 is 1.29 bits per heavy atom. The van der Waals surface area contributed by atoms with E-state index in [-0.39, 0.29) is 5.69 Å². The molecule has 1 aromatic heterocycles. The van der Waals surface area contributed by atoms with E-state index in [1.807, 2.05) is 78.9 Å². The number of hydrogen-bond acceptors (Lipinski definition) is 2. The third kappa shape index (κ3) is 5.89. The van der Waals surface area contributed by atoms with E-state index in [1.165, 1.54) is 0 Å². The van der Waals surface area contributed by atoms with E-state index in [0.717, 1.165) is 55.2 Å². The number of carboxylic acid groups (broad SMARTS) is 1. The van der Waals surface area contributed by atoms with Gasteiger partial charge in [-0.05, 0) is 52.1 Å². The predicted octanol–water partition coefficient (Wildman–Crippen LogP) is 9.37. The van der Waals surface area contributed by atoms with E-state index in [0.29, 0.717) is 19.4 Å². The maximum atomic E-state index is 12.2. The lowest BCUT2D eigenvalue weighted by atomic mass is 10.0. The first-order valence-electron chi connectivity index (χ1n) is 14.1. The maximum Gasteiger partial charge on any atom is 0.352 e. The number of aromatic carboxylic acids is 1. The minimum Gasteiger partial charge on any atom is -0.493 e. The van der Waals surface area contributed by atoms with Crippen LogP contribution in [0.15, 0.2) is 115 Å². The van der Waals surface area contributed by atoms with Gasteiger partial charge < -0.3 is 14.8 Å². The number of rotatable bonds is 10. The Balaban J connectivity index is 1.22. The second-order valence-electron chi connectivity index (χ2n) is 10.2. The van der Waals surface area contributed by atoms with E-state index >= 15 is 0 Å². The van der Waals surface area contributed by atoms with Crippen LogP contribution in [0.5, 0.6) is 5.75 Å². The topological polar surface area (TPSA) is 62.3 Å². The molecule has 0 radical (unpaired) electrons. The lowest BCUT2D eigenvalue weighted by Gasteiger charge is -2.09. The van der Waals surface area contributed by atoms with Gasteiger partial charge in [-0.1, -0.05) is 133 Å². The van der Waals surface area contributed by atoms with E-state index in [2.05, 4.69) is 65.7 Å². The average molecular weight is 550 g/mol. The van der Waals surface area contributed by atoms with Crippen LogP contribution in [0.2, 0.25) is 0 Å². The van der Waals surface area contributed by atoms with Crippen LogP contribution in [0, 0.1) is 0 Å². The van der Waals surface area contributed by atoms with E-state index in [1.54, 1.807) is 0 Å². The number of aromatic amines is 1. The molecule has 4 heteroatoms. The van der Waals surface area contributed by atoms with Crippen molar-refractivity contribution in [1.29, 1.82) is 0 Å². The van der Waals surface area contributed by atoms with E-state index in [4.69, 9.17) is 4.74 Å². The van der Waals surface area contributed by atoms with Crippen molar-refractivity contribution in [1.82, 2.24) is 4.98 Å². The fraction of sp³-hybridized carbons (Fsp3) is 0.0789. The van der Waals surface area contributed by atoms with Crippen LogP contribution < -0.4 is 4.74 Å². The first kappa shape index (κ1) is 26.9. The monoisotopic (exact) mass is 549 g/mol. The molecule has 42 heavy (non-hydrogen) atoms. The van der Waals surface area contributed by atoms with E-state index in [9.17, 15) is 9.90 Å². The summed E-state index contributed by atoms with van der Waals surface area (Å²) in [4.78, 5) is 15.4. The number of hydrogen-bond donors (Lipinski definition) is 2. The number of aromatic nitrogens is 1. The molecule has 1 heterocycles. The van der Waals surface area contributed by atoms with Crippen LogP contribution in [0.3, 0.4) is 0 Å². The Kier molecular flexibility index (Phi) is 7.96. The third-order valence-electron chi connectivity index (χ3n) is 7.46. The molecule has 206 valence electrons. The maximum absolute atomic E-state index is 12.2. The molecule has 0 amide bonds. The lowest BCUT2D eigenvalue weighted by molar-refractivity contribution is 0.0690. The highest BCUT2D eigenvalue weighted by atomic mass is 16.5. The SMILES string of the molecule is O=C(O)c1[nH]c2c(C=Cc3ccccc3/C=C/c3ccccc3)cccc2c1CCCOc1cccc2ccccc12. The highest BCUT2D eigenvalue weighted by Crippen LogP contribution is 2.29. The van der Waals surface area contributed by atoms with E-state index < -0.39 is 5.97 Å². The van der Waals surface area contributed by atoms with Crippen LogP contribution >= 0.6 is 0 Å². The summed E-state index contributed by atoms with van der Waals surface area (Å²) in [5.74, 6) is -0.112. The smallest absolute Gasteiger partial charge is 0.352 e. The molecule has 0 atom stereocenters. The molecule has 5 aromatic carbocycles. The van der Waals surface area contributed by atoms with Crippen LogP contribution in [-0.2, 0) is 6.42 Å². The third-order valence-corrected chi connectivity index (χ3v) is 7.46. The Bertz CT molecular complexity index is 1910. The second kappa shape index (κ2) is 12.4. The van der Waals surface area contributed by atoms with Gasteiger partial charge in [0.25, 0.3) is 0 Å². The summed E-state index contributed by atoms with van der Waals surface area (Å²) in [6, 6.07) is 38.6. The first-order valence-corrected chi connectivity index (χ1v) is 14.1. The number of carboxylic acids is 1. The minimum atomic E-state index is -0.956. The zero-order valence-electron chi connectivity index (χ0n) is 23.2. The van der Waals surface area contributed by atoms with Crippen LogP contribution in [0.25, 0.3) is 46.0 Å². The molecule has 0 aliphatic heterocycles. The molecule has 4 nitrogen and oxygen atoms in total. The normalized spacial score (nSPS) is 11.6. The van der Waals surface area contributed by atoms with Gasteiger partial charge in [0.1, 0.15) is 11.4 Å². The van der Waals surface area contributed by atoms with Gasteiger partial charge in [-0.25, -0.2) is 4.79 Å². The molecule has 0 spiro atoms. The van der Waals surface area contributed by atoms with Crippen molar-refractivity contribution in [3.8, 4) is 5.75 Å². The van der Waals surface area contributed by atoms with Gasteiger partial charge in [0.2, 0.25) is 0 Å². The molecule has 0 unspecified atom stereocenters. The van der Waals surface area contributed by atoms with Gasteiger partial charge >= 0.3 is 5.97 Å². The largest absolute Gasteiger partial charge is 0.493 e. The summed E-state index contributed by atoms with van der Waals surface area (Å²) in [7, 11) is 0. The van der Waals surface area contributed by atoms with Crippen molar-refractivity contribution < 1.29 is 14.6 Å². The molecule has 0 fully saturated rings. The fourth-order valence-corrected chi connectivity index (χ4v) is 5.37. The molecule has 0 saturated heterocycles. The minimum absolute atomic E-state index is 0.238. The Morgan fingerprint density at radius 3 is 2.10 bits per heavy atom. The Labute approximate surface area is 245 Å². The number of fused-ring (bicyclic) bond motifs is 2. The van der Waals surface area contributed by atoms with Gasteiger partial charge in [0, 0.05) is 10.8 Å². The van der Waals surface area contributed by atoms with Gasteiger partial charge in [-0.2, -0.15) is 0 Å². The zero-order valence-corrected chi connectivity index (χ0v) is 23.2. The van der Waals surface area contributed by atoms with Crippen LogP contribution in [0.4, 0.5) is 0 Å². The molecule has 0 aliphatic rings. The number of ether oxygens (including phenoxy) is 1. The summed E-state index contributed by atoms with van der Waals surface area (Å²) < 4.78 is 6.13. The highest BCUT2D eigenvalue weighted by Gasteiger charge is 2.18. The summed E-state index contributed by atoms with van der Waals surface area (Å²) in [6.45, 7) is 0.493. The first-order chi connectivity index (χ1) is 20.7. The summed E-state index contributed by atoms with van der Waals surface area (Å²) in [5.41, 5.74) is 6.14.